The summed E-state index contributed by atoms with van der Waals surface area (Å²) < 4.78 is 15.3. The van der Waals surface area contributed by atoms with Gasteiger partial charge in [0.05, 0.1) is 12.7 Å². The Kier molecular flexibility index (Phi) is 5.72. The van der Waals surface area contributed by atoms with Crippen molar-refractivity contribution in [2.45, 2.75) is 68.3 Å². The Balaban J connectivity index is 2.06. The van der Waals surface area contributed by atoms with Crippen molar-refractivity contribution >= 4 is 0 Å². The van der Waals surface area contributed by atoms with Gasteiger partial charge in [-0.15, -0.1) is 0 Å². The molecule has 22 heavy (non-hydrogen) atoms. The van der Waals surface area contributed by atoms with Gasteiger partial charge in [-0.25, -0.2) is 0 Å². The molecule has 0 aromatic carbocycles. The quantitative estimate of drug-likeness (QED) is 0.269. The lowest BCUT2D eigenvalue weighted by Crippen LogP contribution is -2.63. The van der Waals surface area contributed by atoms with Crippen molar-refractivity contribution in [3.05, 3.63) is 0 Å². The van der Waals surface area contributed by atoms with Gasteiger partial charge < -0.3 is 50.0 Å². The summed E-state index contributed by atoms with van der Waals surface area (Å²) in [6.07, 6.45) is -14.3. The second-order valence-electron chi connectivity index (χ2n) is 5.51. The summed E-state index contributed by atoms with van der Waals surface area (Å²) in [7, 11) is 0. The Morgan fingerprint density at radius 3 is 2.05 bits per heavy atom. The molecule has 2 aliphatic heterocycles. The second-order valence-corrected chi connectivity index (χ2v) is 5.51. The predicted molar refractivity (Wildman–Crippen MR) is 67.2 cm³/mol. The predicted octanol–water partition coefficient (Wildman–Crippen LogP) is -4.37. The van der Waals surface area contributed by atoms with Crippen LogP contribution in [0, 0.1) is 0 Å². The van der Waals surface area contributed by atoms with Gasteiger partial charge >= 0.3 is 0 Å². The molecule has 0 aliphatic carbocycles. The number of aliphatic hydroxyl groups is 7. The van der Waals surface area contributed by atoms with Crippen molar-refractivity contribution in [3.63, 3.8) is 0 Å². The lowest BCUT2D eigenvalue weighted by atomic mass is 9.97. The largest absolute Gasteiger partial charge is 0.394 e. The monoisotopic (exact) mass is 326 g/mol. The van der Waals surface area contributed by atoms with Crippen molar-refractivity contribution in [3.8, 4) is 0 Å². The van der Waals surface area contributed by atoms with E-state index in [9.17, 15) is 30.6 Å². The first-order chi connectivity index (χ1) is 10.3. The molecule has 10 nitrogen and oxygen atoms in total. The average molecular weight is 326 g/mol. The topological polar surface area (TPSA) is 169 Å². The Bertz CT molecular complexity index is 368. The molecular weight excluding hydrogens is 304 g/mol. The zero-order valence-electron chi connectivity index (χ0n) is 11.8. The fraction of sp³-hybridized carbons (Fsp3) is 1.00. The van der Waals surface area contributed by atoms with E-state index in [4.69, 9.17) is 19.3 Å². The number of aliphatic hydroxyl groups excluding tert-OH is 7. The highest BCUT2D eigenvalue weighted by atomic mass is 16.7. The highest BCUT2D eigenvalue weighted by Crippen LogP contribution is 2.28. The summed E-state index contributed by atoms with van der Waals surface area (Å²) in [4.78, 5) is 0. The van der Waals surface area contributed by atoms with Crippen LogP contribution in [0.4, 0.5) is 0 Å². The number of ether oxygens (including phenoxy) is 3. The van der Waals surface area contributed by atoms with E-state index < -0.39 is 68.0 Å². The molecule has 130 valence electrons. The summed E-state index contributed by atoms with van der Waals surface area (Å²) in [5.74, 6) is 0. The minimum Gasteiger partial charge on any atom is -0.394 e. The molecule has 2 fully saturated rings. The smallest absolute Gasteiger partial charge is 0.187 e. The molecule has 0 radical (unpaired) electrons. The van der Waals surface area contributed by atoms with Gasteiger partial charge in [-0.05, 0) is 6.92 Å². The lowest BCUT2D eigenvalue weighted by molar-refractivity contribution is -0.358. The van der Waals surface area contributed by atoms with Crippen LogP contribution in [-0.2, 0) is 14.2 Å². The van der Waals surface area contributed by atoms with Crippen LogP contribution in [0.15, 0.2) is 0 Å². The summed E-state index contributed by atoms with van der Waals surface area (Å²) in [5.41, 5.74) is 0. The second kappa shape index (κ2) is 7.01. The van der Waals surface area contributed by atoms with E-state index in [1.807, 2.05) is 0 Å². The van der Waals surface area contributed by atoms with E-state index in [0.29, 0.717) is 0 Å². The molecule has 10 heteroatoms. The maximum atomic E-state index is 9.93. The van der Waals surface area contributed by atoms with Crippen LogP contribution in [0.1, 0.15) is 6.92 Å². The van der Waals surface area contributed by atoms with E-state index in [1.165, 1.54) is 6.92 Å². The normalized spacial score (nSPS) is 53.5. The van der Waals surface area contributed by atoms with Crippen molar-refractivity contribution in [2.24, 2.45) is 0 Å². The SMILES string of the molecule is C[C@H]1O[C@H](O[C@@H]2[C@@H](O)[C@@H](O)[C@@H](CO)O[C@H]2O)[C@@H](O)[C@@H](O)[C@@H]1O. The van der Waals surface area contributed by atoms with Crippen LogP contribution in [-0.4, -0.2) is 104 Å². The van der Waals surface area contributed by atoms with E-state index in [0.717, 1.165) is 0 Å². The zero-order valence-corrected chi connectivity index (χ0v) is 11.8. The van der Waals surface area contributed by atoms with E-state index >= 15 is 0 Å². The first-order valence-corrected chi connectivity index (χ1v) is 6.93. The summed E-state index contributed by atoms with van der Waals surface area (Å²) in [6, 6.07) is 0. The van der Waals surface area contributed by atoms with E-state index in [-0.39, 0.29) is 0 Å². The van der Waals surface area contributed by atoms with Gasteiger partial charge in [0.15, 0.2) is 12.6 Å². The van der Waals surface area contributed by atoms with Gasteiger partial charge in [-0.2, -0.15) is 0 Å². The number of hydrogen-bond donors (Lipinski definition) is 7. The average Bonchev–Trinajstić information content (AvgIpc) is 2.49. The molecule has 0 spiro atoms. The maximum Gasteiger partial charge on any atom is 0.187 e. The molecule has 2 saturated heterocycles. The summed E-state index contributed by atoms with van der Waals surface area (Å²) >= 11 is 0. The third-order valence-electron chi connectivity index (χ3n) is 3.94. The summed E-state index contributed by atoms with van der Waals surface area (Å²) in [6.45, 7) is 0.823. The minimum atomic E-state index is -1.69. The molecule has 2 aliphatic rings. The molecule has 0 aromatic rings. The van der Waals surface area contributed by atoms with Crippen molar-refractivity contribution in [1.82, 2.24) is 0 Å². The van der Waals surface area contributed by atoms with Gasteiger partial charge in [-0.3, -0.25) is 0 Å². The fourth-order valence-corrected chi connectivity index (χ4v) is 2.50. The third kappa shape index (κ3) is 3.26. The van der Waals surface area contributed by atoms with Crippen LogP contribution in [0.2, 0.25) is 0 Å². The first kappa shape index (κ1) is 17.9. The maximum absolute atomic E-state index is 9.93. The molecule has 0 bridgehead atoms. The molecule has 0 unspecified atom stereocenters. The molecule has 0 saturated carbocycles. The molecular formula is C12H22O10. The van der Waals surface area contributed by atoms with Gasteiger partial charge in [-0.1, -0.05) is 0 Å². The third-order valence-corrected chi connectivity index (χ3v) is 3.94. The summed E-state index contributed by atoms with van der Waals surface area (Å²) in [5, 5.41) is 67.5. The Hall–Kier alpha value is -0.400. The fourth-order valence-electron chi connectivity index (χ4n) is 2.50. The zero-order chi connectivity index (χ0) is 16.6. The van der Waals surface area contributed by atoms with Crippen LogP contribution in [0.5, 0.6) is 0 Å². The highest BCUT2D eigenvalue weighted by Gasteiger charge is 2.49. The highest BCUT2D eigenvalue weighted by molar-refractivity contribution is 4.92. The van der Waals surface area contributed by atoms with Gasteiger partial charge in [0.1, 0.15) is 42.7 Å². The van der Waals surface area contributed by atoms with Crippen LogP contribution >= 0.6 is 0 Å². The Morgan fingerprint density at radius 1 is 0.818 bits per heavy atom. The van der Waals surface area contributed by atoms with Crippen LogP contribution < -0.4 is 0 Å². The van der Waals surface area contributed by atoms with E-state index in [2.05, 4.69) is 0 Å². The van der Waals surface area contributed by atoms with Crippen LogP contribution in [0.3, 0.4) is 0 Å². The van der Waals surface area contributed by atoms with Crippen molar-refractivity contribution in [2.75, 3.05) is 6.61 Å². The molecule has 2 rings (SSSR count). The van der Waals surface area contributed by atoms with Gasteiger partial charge in [0, 0.05) is 0 Å². The number of hydrogen-bond acceptors (Lipinski definition) is 10. The molecule has 2 heterocycles. The minimum absolute atomic E-state index is 0.619. The Morgan fingerprint density at radius 2 is 1.45 bits per heavy atom. The van der Waals surface area contributed by atoms with E-state index in [1.54, 1.807) is 0 Å². The molecule has 10 atom stereocenters. The first-order valence-electron chi connectivity index (χ1n) is 6.93. The molecule has 0 aromatic heterocycles. The van der Waals surface area contributed by atoms with Gasteiger partial charge in [0.25, 0.3) is 0 Å². The lowest BCUT2D eigenvalue weighted by Gasteiger charge is -2.44. The standard InChI is InChI=1S/C12H22O10/c1-3-5(14)7(16)9(18)12(20-3)22-10-8(17)6(15)4(2-13)21-11(10)19/h3-19H,2H2,1H3/t3-,4-,5-,6+,7+,8+,9+,10-,11-,12-/m1/s1. The molecule has 0 amide bonds. The number of rotatable bonds is 3. The van der Waals surface area contributed by atoms with Crippen molar-refractivity contribution in [1.29, 1.82) is 0 Å². The molecule has 7 N–H and O–H groups in total. The van der Waals surface area contributed by atoms with Crippen molar-refractivity contribution < 1.29 is 50.0 Å². The Labute approximate surface area is 126 Å². The van der Waals surface area contributed by atoms with Gasteiger partial charge in [0.2, 0.25) is 0 Å². The van der Waals surface area contributed by atoms with Crippen LogP contribution in [0.25, 0.3) is 0 Å².